The van der Waals surface area contributed by atoms with Crippen LogP contribution in [0, 0.1) is 17.3 Å². The van der Waals surface area contributed by atoms with Gasteiger partial charge in [0, 0.05) is 30.3 Å². The van der Waals surface area contributed by atoms with Crippen molar-refractivity contribution >= 4 is 11.7 Å². The van der Waals surface area contributed by atoms with Gasteiger partial charge in [-0.05, 0) is 32.4 Å². The molecule has 2 saturated heterocycles. The number of ketones is 1. The molecule has 0 saturated carbocycles. The highest BCUT2D eigenvalue weighted by atomic mass is 16.5. The van der Waals surface area contributed by atoms with E-state index in [4.69, 9.17) is 4.74 Å². The Morgan fingerprint density at radius 3 is 2.52 bits per heavy atom. The van der Waals surface area contributed by atoms with Crippen molar-refractivity contribution in [1.82, 2.24) is 10.2 Å². The Kier molecular flexibility index (Phi) is 6.20. The summed E-state index contributed by atoms with van der Waals surface area (Å²) < 4.78 is 5.85. The maximum atomic E-state index is 12.9. The zero-order valence-corrected chi connectivity index (χ0v) is 15.1. The number of carbonyl (C=O) groups excluding carboxylic acids is 2. The van der Waals surface area contributed by atoms with Gasteiger partial charge < -0.3 is 15.0 Å². The van der Waals surface area contributed by atoms with Gasteiger partial charge in [0.1, 0.15) is 5.78 Å². The lowest BCUT2D eigenvalue weighted by Gasteiger charge is -2.38. The second kappa shape index (κ2) is 7.75. The molecule has 2 fully saturated rings. The molecule has 5 nitrogen and oxygen atoms in total. The summed E-state index contributed by atoms with van der Waals surface area (Å²) in [7, 11) is 0. The van der Waals surface area contributed by atoms with Gasteiger partial charge in [-0.25, -0.2) is 0 Å². The van der Waals surface area contributed by atoms with Crippen molar-refractivity contribution in [3.63, 3.8) is 0 Å². The van der Waals surface area contributed by atoms with E-state index < -0.39 is 5.41 Å². The summed E-state index contributed by atoms with van der Waals surface area (Å²) in [6.07, 6.45) is 2.53. The van der Waals surface area contributed by atoms with Gasteiger partial charge in [-0.1, -0.05) is 27.7 Å². The summed E-state index contributed by atoms with van der Waals surface area (Å²) in [5.41, 5.74) is -0.392. The molecular weight excluding hydrogens is 292 g/mol. The van der Waals surface area contributed by atoms with Crippen LogP contribution in [0.25, 0.3) is 0 Å². The molecule has 0 radical (unpaired) electrons. The molecule has 2 heterocycles. The molecule has 0 aromatic carbocycles. The van der Waals surface area contributed by atoms with Crippen LogP contribution in [0.5, 0.6) is 0 Å². The quantitative estimate of drug-likeness (QED) is 0.838. The smallest absolute Gasteiger partial charge is 0.225 e. The SMILES string of the molecule is CC(C)C(=O)N1CCOC(CC(C)(C)C(=O)C2CCNCC2)C1. The number of ether oxygens (including phenoxy) is 1. The first-order valence-corrected chi connectivity index (χ1v) is 8.96. The lowest BCUT2D eigenvalue weighted by molar-refractivity contribution is -0.145. The fourth-order valence-electron chi connectivity index (χ4n) is 3.71. The zero-order chi connectivity index (χ0) is 17.0. The molecule has 1 N–H and O–H groups in total. The van der Waals surface area contributed by atoms with Crippen molar-refractivity contribution in [3.8, 4) is 0 Å². The van der Waals surface area contributed by atoms with Gasteiger partial charge in [-0.15, -0.1) is 0 Å². The molecule has 2 aliphatic rings. The predicted molar refractivity (Wildman–Crippen MR) is 90.2 cm³/mol. The molecule has 1 unspecified atom stereocenters. The number of nitrogens with zero attached hydrogens (tertiary/aromatic N) is 1. The van der Waals surface area contributed by atoms with E-state index >= 15 is 0 Å². The number of hydrogen-bond acceptors (Lipinski definition) is 4. The number of morpholine rings is 1. The van der Waals surface area contributed by atoms with E-state index in [0.29, 0.717) is 31.9 Å². The molecule has 0 spiro atoms. The summed E-state index contributed by atoms with van der Waals surface area (Å²) in [6, 6.07) is 0. The summed E-state index contributed by atoms with van der Waals surface area (Å²) >= 11 is 0. The molecule has 1 amide bonds. The number of carbonyl (C=O) groups is 2. The molecule has 132 valence electrons. The summed E-state index contributed by atoms with van der Waals surface area (Å²) in [6.45, 7) is 11.6. The normalized spacial score (nSPS) is 24.0. The van der Waals surface area contributed by atoms with Crippen LogP contribution in [-0.4, -0.2) is 55.5 Å². The lowest BCUT2D eigenvalue weighted by Crippen LogP contribution is -2.49. The van der Waals surface area contributed by atoms with Crippen LogP contribution in [0.15, 0.2) is 0 Å². The highest BCUT2D eigenvalue weighted by molar-refractivity contribution is 5.86. The first-order chi connectivity index (χ1) is 10.8. The van der Waals surface area contributed by atoms with Gasteiger partial charge >= 0.3 is 0 Å². The number of nitrogens with one attached hydrogen (secondary N) is 1. The number of amides is 1. The minimum Gasteiger partial charge on any atom is -0.375 e. The topological polar surface area (TPSA) is 58.6 Å². The average Bonchev–Trinajstić information content (AvgIpc) is 2.54. The van der Waals surface area contributed by atoms with Crippen molar-refractivity contribution in [2.24, 2.45) is 17.3 Å². The highest BCUT2D eigenvalue weighted by Crippen LogP contribution is 2.32. The van der Waals surface area contributed by atoms with Gasteiger partial charge in [0.25, 0.3) is 0 Å². The third kappa shape index (κ3) is 4.77. The Hall–Kier alpha value is -0.940. The Morgan fingerprint density at radius 2 is 1.91 bits per heavy atom. The number of piperidine rings is 1. The molecule has 0 aliphatic carbocycles. The molecule has 5 heteroatoms. The number of Topliss-reactive ketones (excluding diaryl/α,β-unsaturated/α-hetero) is 1. The Labute approximate surface area is 140 Å². The minimum atomic E-state index is -0.392. The van der Waals surface area contributed by atoms with Crippen molar-refractivity contribution in [1.29, 1.82) is 0 Å². The maximum absolute atomic E-state index is 12.9. The maximum Gasteiger partial charge on any atom is 0.225 e. The van der Waals surface area contributed by atoms with Gasteiger partial charge in [-0.2, -0.15) is 0 Å². The van der Waals surface area contributed by atoms with E-state index in [1.165, 1.54) is 0 Å². The molecular formula is C18H32N2O3. The first kappa shape index (κ1) is 18.4. The van der Waals surface area contributed by atoms with Crippen molar-refractivity contribution in [3.05, 3.63) is 0 Å². The van der Waals surface area contributed by atoms with E-state index in [2.05, 4.69) is 5.32 Å². The van der Waals surface area contributed by atoms with Gasteiger partial charge in [0.15, 0.2) is 0 Å². The summed E-state index contributed by atoms with van der Waals surface area (Å²) in [5.74, 6) is 0.720. The van der Waals surface area contributed by atoms with Crippen LogP contribution < -0.4 is 5.32 Å². The van der Waals surface area contributed by atoms with E-state index in [9.17, 15) is 9.59 Å². The van der Waals surface area contributed by atoms with Crippen molar-refractivity contribution in [2.75, 3.05) is 32.8 Å². The van der Waals surface area contributed by atoms with E-state index in [-0.39, 0.29) is 23.8 Å². The average molecular weight is 324 g/mol. The second-order valence-corrected chi connectivity index (χ2v) is 7.91. The molecule has 1 atom stereocenters. The standard InChI is InChI=1S/C18H32N2O3/c1-13(2)17(22)20-9-10-23-15(12-20)11-18(3,4)16(21)14-5-7-19-8-6-14/h13-15,19H,5-12H2,1-4H3. The Bertz CT molecular complexity index is 428. The van der Waals surface area contributed by atoms with Gasteiger partial charge in [-0.3, -0.25) is 9.59 Å². The first-order valence-electron chi connectivity index (χ1n) is 8.96. The third-order valence-corrected chi connectivity index (χ3v) is 5.06. The highest BCUT2D eigenvalue weighted by Gasteiger charge is 2.38. The summed E-state index contributed by atoms with van der Waals surface area (Å²) in [4.78, 5) is 26.9. The van der Waals surface area contributed by atoms with Crippen LogP contribution in [0.2, 0.25) is 0 Å². The van der Waals surface area contributed by atoms with Crippen molar-refractivity contribution < 1.29 is 14.3 Å². The monoisotopic (exact) mass is 324 g/mol. The molecule has 2 rings (SSSR count). The van der Waals surface area contributed by atoms with Crippen molar-refractivity contribution in [2.45, 2.75) is 53.1 Å². The van der Waals surface area contributed by atoms with Crippen LogP contribution in [-0.2, 0) is 14.3 Å². The summed E-state index contributed by atoms with van der Waals surface area (Å²) in [5, 5.41) is 3.31. The van der Waals surface area contributed by atoms with E-state index in [1.54, 1.807) is 0 Å². The van der Waals surface area contributed by atoms with E-state index in [0.717, 1.165) is 25.9 Å². The zero-order valence-electron chi connectivity index (χ0n) is 15.1. The molecule has 23 heavy (non-hydrogen) atoms. The molecule has 0 aromatic rings. The van der Waals surface area contributed by atoms with Crippen LogP contribution in [0.3, 0.4) is 0 Å². The fraction of sp³-hybridized carbons (Fsp3) is 0.889. The fourth-order valence-corrected chi connectivity index (χ4v) is 3.71. The second-order valence-electron chi connectivity index (χ2n) is 7.91. The van der Waals surface area contributed by atoms with Gasteiger partial charge in [0.2, 0.25) is 5.91 Å². The van der Waals surface area contributed by atoms with E-state index in [1.807, 2.05) is 32.6 Å². The third-order valence-electron chi connectivity index (χ3n) is 5.06. The van der Waals surface area contributed by atoms with Gasteiger partial charge in [0.05, 0.1) is 12.7 Å². The number of hydrogen-bond donors (Lipinski definition) is 1. The molecule has 0 bridgehead atoms. The lowest BCUT2D eigenvalue weighted by atomic mass is 9.74. The molecule has 2 aliphatic heterocycles. The molecule has 0 aromatic heterocycles. The van der Waals surface area contributed by atoms with Crippen LogP contribution >= 0.6 is 0 Å². The Balaban J connectivity index is 1.93. The Morgan fingerprint density at radius 1 is 1.26 bits per heavy atom. The minimum absolute atomic E-state index is 0.0122. The van der Waals surface area contributed by atoms with Crippen LogP contribution in [0.4, 0.5) is 0 Å². The largest absolute Gasteiger partial charge is 0.375 e. The van der Waals surface area contributed by atoms with Crippen LogP contribution in [0.1, 0.15) is 47.0 Å². The predicted octanol–water partition coefficient (Wildman–Crippen LogP) is 1.85. The number of rotatable bonds is 5.